The molecule has 2 saturated heterocycles. The Kier molecular flexibility index (Phi) is 11.7. The Morgan fingerprint density at radius 2 is 1.75 bits per heavy atom. The second-order valence-corrected chi connectivity index (χ2v) is 13.8. The number of thiophene rings is 1. The molecule has 1 aromatic carbocycles. The van der Waals surface area contributed by atoms with Crippen molar-refractivity contribution in [2.75, 3.05) is 69.0 Å². The van der Waals surface area contributed by atoms with Gasteiger partial charge in [-0.05, 0) is 36.2 Å². The van der Waals surface area contributed by atoms with E-state index >= 15 is 0 Å². The van der Waals surface area contributed by atoms with Gasteiger partial charge in [0, 0.05) is 67.9 Å². The first kappa shape index (κ1) is 38.1. The van der Waals surface area contributed by atoms with Crippen molar-refractivity contribution in [3.05, 3.63) is 46.5 Å². The number of aromatic nitrogens is 2. The minimum Gasteiger partial charge on any atom is -0.469 e. The number of nitrogens with zero attached hydrogens (tertiary/aromatic N) is 5. The molecule has 1 N–H and O–H groups in total. The summed E-state index contributed by atoms with van der Waals surface area (Å²) < 4.78 is 90.2. The number of esters is 1. The highest BCUT2D eigenvalue weighted by Gasteiger charge is 2.43. The molecule has 3 aliphatic heterocycles. The Balaban J connectivity index is 0.000000943. The van der Waals surface area contributed by atoms with Crippen LogP contribution in [0, 0.1) is 0 Å². The number of thioether (sulfide) groups is 1. The SMILES string of the molecule is CCc1cc(N2CCN(C(=O)C(F)(F)F)CC2)ccc1Nc1ncc(C(F)(F)F)c(-c2cc3c(s2)C(=O)N(C2COC2)CCS3)n1.COC(C)=O. The molecule has 5 heterocycles. The third kappa shape index (κ3) is 8.86. The van der Waals surface area contributed by atoms with E-state index < -0.39 is 23.8 Å². The van der Waals surface area contributed by atoms with Gasteiger partial charge >= 0.3 is 24.2 Å². The number of ether oxygens (including phenoxy) is 2. The van der Waals surface area contributed by atoms with Crippen LogP contribution in [0.3, 0.4) is 0 Å². The van der Waals surface area contributed by atoms with E-state index in [-0.39, 0.29) is 60.6 Å². The van der Waals surface area contributed by atoms with Crippen LogP contribution in [0.4, 0.5) is 43.7 Å². The maximum atomic E-state index is 14.1. The van der Waals surface area contributed by atoms with Crippen molar-refractivity contribution in [3.63, 3.8) is 0 Å². The fourth-order valence-corrected chi connectivity index (χ4v) is 7.80. The number of hydrogen-bond donors (Lipinski definition) is 1. The van der Waals surface area contributed by atoms with E-state index in [1.54, 1.807) is 23.1 Å². The van der Waals surface area contributed by atoms with Crippen LogP contribution in [-0.2, 0) is 31.7 Å². The number of anilines is 3. The molecule has 3 aliphatic rings. The number of rotatable bonds is 6. The van der Waals surface area contributed by atoms with Crippen LogP contribution in [0.1, 0.15) is 34.6 Å². The topological polar surface area (TPSA) is 117 Å². The molecule has 2 fully saturated rings. The summed E-state index contributed by atoms with van der Waals surface area (Å²) in [6.45, 7) is 4.90. The highest BCUT2D eigenvalue weighted by molar-refractivity contribution is 7.99. The number of hydrogen-bond acceptors (Lipinski definition) is 11. The average molecular weight is 761 g/mol. The third-order valence-electron chi connectivity index (χ3n) is 8.31. The number of piperazine rings is 1. The van der Waals surface area contributed by atoms with E-state index in [9.17, 15) is 40.7 Å². The van der Waals surface area contributed by atoms with Gasteiger partial charge in [-0.2, -0.15) is 26.3 Å². The molecule has 51 heavy (non-hydrogen) atoms. The van der Waals surface area contributed by atoms with E-state index in [1.165, 1.54) is 25.8 Å². The molecule has 11 nitrogen and oxygen atoms in total. The van der Waals surface area contributed by atoms with Crippen molar-refractivity contribution in [2.24, 2.45) is 0 Å². The van der Waals surface area contributed by atoms with Crippen LogP contribution in [0.25, 0.3) is 10.6 Å². The van der Waals surface area contributed by atoms with Gasteiger partial charge in [0.15, 0.2) is 0 Å². The molecule has 3 aromatic rings. The van der Waals surface area contributed by atoms with Crippen molar-refractivity contribution in [2.45, 2.75) is 43.6 Å². The van der Waals surface area contributed by atoms with E-state index in [2.05, 4.69) is 20.0 Å². The second kappa shape index (κ2) is 15.6. The maximum absolute atomic E-state index is 14.1. The van der Waals surface area contributed by atoms with Gasteiger partial charge in [0.25, 0.3) is 5.91 Å². The van der Waals surface area contributed by atoms with Crippen molar-refractivity contribution >= 4 is 58.2 Å². The van der Waals surface area contributed by atoms with Crippen molar-refractivity contribution in [1.29, 1.82) is 0 Å². The third-order valence-corrected chi connectivity index (χ3v) is 10.6. The number of amides is 2. The average Bonchev–Trinajstić information content (AvgIpc) is 3.44. The predicted molar refractivity (Wildman–Crippen MR) is 178 cm³/mol. The Labute approximate surface area is 297 Å². The summed E-state index contributed by atoms with van der Waals surface area (Å²) in [5.74, 6) is -1.80. The number of fused-ring (bicyclic) bond motifs is 1. The molecular weight excluding hydrogens is 727 g/mol. The van der Waals surface area contributed by atoms with Crippen LogP contribution in [0.15, 0.2) is 35.4 Å². The first-order valence-electron chi connectivity index (χ1n) is 15.8. The number of methoxy groups -OCH3 is 1. The lowest BCUT2D eigenvalue weighted by atomic mass is 10.1. The van der Waals surface area contributed by atoms with Gasteiger partial charge in [0.2, 0.25) is 5.95 Å². The van der Waals surface area contributed by atoms with Gasteiger partial charge in [0.05, 0.1) is 36.9 Å². The van der Waals surface area contributed by atoms with Gasteiger partial charge in [-0.25, -0.2) is 9.97 Å². The second-order valence-electron chi connectivity index (χ2n) is 11.6. The van der Waals surface area contributed by atoms with Gasteiger partial charge < -0.3 is 29.5 Å². The number of nitrogens with one attached hydrogen (secondary N) is 1. The molecule has 276 valence electrons. The lowest BCUT2D eigenvalue weighted by Crippen LogP contribution is -2.52. The van der Waals surface area contributed by atoms with E-state index in [0.29, 0.717) is 47.4 Å². The Morgan fingerprint density at radius 3 is 2.31 bits per heavy atom. The number of carbonyl (C=O) groups excluding carboxylic acids is 3. The Morgan fingerprint density at radius 1 is 1.06 bits per heavy atom. The summed E-state index contributed by atoms with van der Waals surface area (Å²) in [6.07, 6.45) is -8.41. The van der Waals surface area contributed by atoms with Gasteiger partial charge in [-0.15, -0.1) is 23.1 Å². The Bertz CT molecular complexity index is 1760. The predicted octanol–water partition coefficient (Wildman–Crippen LogP) is 5.87. The molecule has 0 radical (unpaired) electrons. The maximum Gasteiger partial charge on any atom is 0.471 e. The zero-order valence-corrected chi connectivity index (χ0v) is 29.3. The van der Waals surface area contributed by atoms with E-state index in [4.69, 9.17) is 4.74 Å². The van der Waals surface area contributed by atoms with Crippen LogP contribution in [0.5, 0.6) is 0 Å². The lowest BCUT2D eigenvalue weighted by molar-refractivity contribution is -0.185. The quantitative estimate of drug-likeness (QED) is 0.242. The lowest BCUT2D eigenvalue weighted by Gasteiger charge is -2.36. The number of alkyl halides is 6. The summed E-state index contributed by atoms with van der Waals surface area (Å²) >= 11 is 2.39. The molecule has 2 aromatic heterocycles. The zero-order chi connectivity index (χ0) is 37.1. The monoisotopic (exact) mass is 760 g/mol. The summed E-state index contributed by atoms with van der Waals surface area (Å²) in [4.78, 5) is 48.3. The molecule has 0 spiro atoms. The van der Waals surface area contributed by atoms with Gasteiger partial charge in [0.1, 0.15) is 10.4 Å². The van der Waals surface area contributed by atoms with Gasteiger partial charge in [-0.1, -0.05) is 6.92 Å². The van der Waals surface area contributed by atoms with Crippen molar-refractivity contribution < 1.29 is 50.2 Å². The van der Waals surface area contributed by atoms with Crippen molar-refractivity contribution in [1.82, 2.24) is 19.8 Å². The molecule has 0 aliphatic carbocycles. The summed E-state index contributed by atoms with van der Waals surface area (Å²) in [6, 6.07) is 6.83. The van der Waals surface area contributed by atoms with E-state index in [0.717, 1.165) is 33.7 Å². The highest BCUT2D eigenvalue weighted by Crippen LogP contribution is 2.44. The number of benzene rings is 1. The minimum absolute atomic E-state index is 0.0486. The standard InChI is InChI=1S/C29H28F6N6O3S2.C3H6O2/c1-2-16-11-17(39-5-7-40(8-6-39)26(43)29(33,34)35)3-4-20(16)37-27-36-13-19(28(30,31)32)23(38-27)21-12-22-24(46-21)25(42)41(9-10-45-22)18-14-44-15-18;1-3(4)5-2/h3-4,11-13,18H,2,5-10,14-15H2,1H3,(H,36,37,38);1-2H3. The number of carbonyl (C=O) groups is 3. The zero-order valence-electron chi connectivity index (χ0n) is 27.7. The van der Waals surface area contributed by atoms with Crippen LogP contribution < -0.4 is 10.2 Å². The van der Waals surface area contributed by atoms with Crippen LogP contribution >= 0.6 is 23.1 Å². The minimum atomic E-state index is -4.92. The molecular formula is C32H34F6N6O5S2. The fourth-order valence-electron chi connectivity index (χ4n) is 5.48. The first-order chi connectivity index (χ1) is 24.1. The fraction of sp³-hybridized carbons (Fsp3) is 0.469. The molecule has 6 rings (SSSR count). The Hall–Kier alpha value is -4.10. The number of aryl methyl sites for hydroxylation is 1. The van der Waals surface area contributed by atoms with Crippen LogP contribution in [-0.4, -0.2) is 109 Å². The summed E-state index contributed by atoms with van der Waals surface area (Å²) in [7, 11) is 1.35. The summed E-state index contributed by atoms with van der Waals surface area (Å²) in [5, 5.41) is 3.02. The molecule has 0 atom stereocenters. The van der Waals surface area contributed by atoms with Crippen molar-refractivity contribution in [3.8, 4) is 10.6 Å². The van der Waals surface area contributed by atoms with E-state index in [1.807, 2.05) is 17.9 Å². The number of halogens is 6. The molecule has 2 amide bonds. The largest absolute Gasteiger partial charge is 0.471 e. The first-order valence-corrected chi connectivity index (χ1v) is 17.6. The van der Waals surface area contributed by atoms with Gasteiger partial charge in [-0.3, -0.25) is 14.4 Å². The molecule has 19 heteroatoms. The summed E-state index contributed by atoms with van der Waals surface area (Å²) in [5.41, 5.74) is 0.705. The highest BCUT2D eigenvalue weighted by atomic mass is 32.2. The van der Waals surface area contributed by atoms with Crippen LogP contribution in [0.2, 0.25) is 0 Å². The molecule has 0 bridgehead atoms. The molecule has 0 unspecified atom stereocenters. The normalized spacial score (nSPS) is 16.8. The smallest absolute Gasteiger partial charge is 0.469 e. The molecule has 0 saturated carbocycles.